The van der Waals surface area contributed by atoms with Crippen molar-refractivity contribution in [1.29, 1.82) is 0 Å². The number of hydrogen-bond acceptors (Lipinski definition) is 4. The van der Waals surface area contributed by atoms with Crippen LogP contribution in [0.25, 0.3) is 0 Å². The Morgan fingerprint density at radius 1 is 0.955 bits per heavy atom. The molecule has 0 radical (unpaired) electrons. The van der Waals surface area contributed by atoms with E-state index in [0.29, 0.717) is 13.0 Å². The summed E-state index contributed by atoms with van der Waals surface area (Å²) in [6.45, 7) is 6.86. The Morgan fingerprint density at radius 2 is 1.59 bits per heavy atom. The Bertz CT molecular complexity index is 255. The van der Waals surface area contributed by atoms with Gasteiger partial charge in [-0.25, -0.2) is 4.79 Å². The minimum Gasteiger partial charge on any atom is -0.434 e. The van der Waals surface area contributed by atoms with Crippen LogP contribution in [-0.2, 0) is 9.47 Å². The Kier molecular flexibility index (Phi) is 14.6. The highest BCUT2D eigenvalue weighted by Crippen LogP contribution is 2.16. The van der Waals surface area contributed by atoms with E-state index < -0.39 is 12.3 Å². The number of carbonyl (C=O) groups is 1. The molecule has 1 N–H and O–H groups in total. The molecule has 2 atom stereocenters. The number of aliphatic hydroxyl groups excluding tert-OH is 1. The van der Waals surface area contributed by atoms with Gasteiger partial charge in [-0.3, -0.25) is 0 Å². The van der Waals surface area contributed by atoms with Gasteiger partial charge in [-0.05, 0) is 18.8 Å². The van der Waals surface area contributed by atoms with Crippen molar-refractivity contribution in [3.8, 4) is 0 Å². The summed E-state index contributed by atoms with van der Waals surface area (Å²) >= 11 is 0. The monoisotopic (exact) mass is 316 g/mol. The smallest absolute Gasteiger partial charge is 0.434 e. The fraction of sp³-hybridized carbons (Fsp3) is 0.944. The van der Waals surface area contributed by atoms with Gasteiger partial charge in [0.05, 0.1) is 12.7 Å². The zero-order chi connectivity index (χ0) is 16.6. The molecule has 0 bridgehead atoms. The minimum atomic E-state index is -0.669. The van der Waals surface area contributed by atoms with E-state index in [1.807, 2.05) is 6.92 Å². The highest BCUT2D eigenvalue weighted by molar-refractivity contribution is 5.59. The number of aliphatic hydroxyl groups is 1. The summed E-state index contributed by atoms with van der Waals surface area (Å²) in [5.41, 5.74) is 0. The normalized spacial score (nSPS) is 13.6. The second kappa shape index (κ2) is 15.1. The first kappa shape index (κ1) is 21.2. The van der Waals surface area contributed by atoms with Crippen molar-refractivity contribution in [2.45, 2.75) is 91.1 Å². The van der Waals surface area contributed by atoms with Gasteiger partial charge in [0.25, 0.3) is 0 Å². The predicted octanol–water partition coefficient (Wildman–Crippen LogP) is 5.08. The molecule has 4 nitrogen and oxygen atoms in total. The zero-order valence-electron chi connectivity index (χ0n) is 14.8. The summed E-state index contributed by atoms with van der Waals surface area (Å²) in [5, 5.41) is 9.26. The third-order valence-corrected chi connectivity index (χ3v) is 3.98. The average Bonchev–Trinajstić information content (AvgIpc) is 2.51. The molecule has 0 aliphatic carbocycles. The van der Waals surface area contributed by atoms with Crippen LogP contribution in [0.15, 0.2) is 0 Å². The molecular formula is C18H36O4. The van der Waals surface area contributed by atoms with Gasteiger partial charge in [0.15, 0.2) is 0 Å². The zero-order valence-corrected chi connectivity index (χ0v) is 14.8. The molecule has 0 spiro atoms. The van der Waals surface area contributed by atoms with Crippen LogP contribution in [0, 0.1) is 5.92 Å². The van der Waals surface area contributed by atoms with E-state index in [1.54, 1.807) is 0 Å². The van der Waals surface area contributed by atoms with E-state index in [1.165, 1.54) is 44.9 Å². The number of rotatable bonds is 14. The van der Waals surface area contributed by atoms with Crippen LogP contribution in [0.2, 0.25) is 0 Å². The average molecular weight is 316 g/mol. The molecule has 0 heterocycles. The molecule has 0 aliphatic rings. The standard InChI is InChI=1S/C18H36O4/c1-4-6-9-12-16(3)13-10-7-8-11-14-21-18(20)22-15-17(19)5-2/h16-17,19H,4-15H2,1-3H3. The first-order chi connectivity index (χ1) is 10.6. The topological polar surface area (TPSA) is 55.8 Å². The fourth-order valence-electron chi connectivity index (χ4n) is 2.31. The highest BCUT2D eigenvalue weighted by Gasteiger charge is 2.07. The van der Waals surface area contributed by atoms with Crippen molar-refractivity contribution in [1.82, 2.24) is 0 Å². The molecule has 0 rings (SSSR count). The van der Waals surface area contributed by atoms with Gasteiger partial charge in [-0.2, -0.15) is 0 Å². The van der Waals surface area contributed by atoms with Gasteiger partial charge < -0.3 is 14.6 Å². The molecule has 0 saturated heterocycles. The minimum absolute atomic E-state index is 0.0191. The van der Waals surface area contributed by atoms with Crippen LogP contribution in [0.4, 0.5) is 4.79 Å². The van der Waals surface area contributed by atoms with E-state index in [2.05, 4.69) is 13.8 Å². The van der Waals surface area contributed by atoms with Crippen molar-refractivity contribution < 1.29 is 19.4 Å². The predicted molar refractivity (Wildman–Crippen MR) is 90.0 cm³/mol. The number of carbonyl (C=O) groups excluding carboxylic acids is 1. The summed E-state index contributed by atoms with van der Waals surface area (Å²) < 4.78 is 9.75. The van der Waals surface area contributed by atoms with Crippen LogP contribution in [-0.4, -0.2) is 30.6 Å². The van der Waals surface area contributed by atoms with Crippen molar-refractivity contribution in [3.05, 3.63) is 0 Å². The highest BCUT2D eigenvalue weighted by atomic mass is 16.7. The quantitative estimate of drug-likeness (QED) is 0.359. The Balaban J connectivity index is 3.30. The summed E-state index contributed by atoms with van der Waals surface area (Å²) in [4.78, 5) is 11.2. The molecule has 0 amide bonds. The van der Waals surface area contributed by atoms with Crippen LogP contribution in [0.3, 0.4) is 0 Å². The number of ether oxygens (including phenoxy) is 2. The molecule has 0 aromatic heterocycles. The lowest BCUT2D eigenvalue weighted by Crippen LogP contribution is -2.18. The van der Waals surface area contributed by atoms with Crippen LogP contribution < -0.4 is 0 Å². The molecule has 0 aromatic carbocycles. The van der Waals surface area contributed by atoms with Gasteiger partial charge in [0, 0.05) is 0 Å². The second-order valence-electron chi connectivity index (χ2n) is 6.28. The first-order valence-corrected chi connectivity index (χ1v) is 9.07. The second-order valence-corrected chi connectivity index (χ2v) is 6.28. The Morgan fingerprint density at radius 3 is 2.23 bits per heavy atom. The van der Waals surface area contributed by atoms with Crippen LogP contribution in [0.5, 0.6) is 0 Å². The summed E-state index contributed by atoms with van der Waals surface area (Å²) in [6.07, 6.45) is 10.4. The van der Waals surface area contributed by atoms with Crippen LogP contribution in [0.1, 0.15) is 85.0 Å². The van der Waals surface area contributed by atoms with Crippen molar-refractivity contribution in [2.75, 3.05) is 13.2 Å². The summed E-state index contributed by atoms with van der Waals surface area (Å²) in [6, 6.07) is 0. The molecule has 0 saturated carbocycles. The Labute approximate surface area is 136 Å². The van der Waals surface area contributed by atoms with E-state index >= 15 is 0 Å². The molecule has 4 heteroatoms. The van der Waals surface area contributed by atoms with Gasteiger partial charge in [0.2, 0.25) is 0 Å². The SMILES string of the molecule is CCCCCC(C)CCCCCCOC(=O)OCC(O)CC. The van der Waals surface area contributed by atoms with Gasteiger partial charge in [-0.1, -0.05) is 72.1 Å². The first-order valence-electron chi connectivity index (χ1n) is 9.07. The van der Waals surface area contributed by atoms with E-state index in [9.17, 15) is 9.90 Å². The number of unbranched alkanes of at least 4 members (excludes halogenated alkanes) is 5. The molecule has 0 fully saturated rings. The van der Waals surface area contributed by atoms with E-state index in [4.69, 9.17) is 9.47 Å². The number of hydrogen-bond donors (Lipinski definition) is 1. The van der Waals surface area contributed by atoms with Crippen molar-refractivity contribution >= 4 is 6.16 Å². The summed E-state index contributed by atoms with van der Waals surface area (Å²) in [5.74, 6) is 0.836. The molecule has 0 aliphatic heterocycles. The van der Waals surface area contributed by atoms with E-state index in [-0.39, 0.29) is 6.61 Å². The van der Waals surface area contributed by atoms with E-state index in [0.717, 1.165) is 18.8 Å². The van der Waals surface area contributed by atoms with Gasteiger partial charge >= 0.3 is 6.16 Å². The lowest BCUT2D eigenvalue weighted by molar-refractivity contribution is 0.0174. The molecule has 2 unspecified atom stereocenters. The summed E-state index contributed by atoms with van der Waals surface area (Å²) in [7, 11) is 0. The third-order valence-electron chi connectivity index (χ3n) is 3.98. The van der Waals surface area contributed by atoms with Gasteiger partial charge in [-0.15, -0.1) is 0 Å². The Hall–Kier alpha value is -0.770. The molecular weight excluding hydrogens is 280 g/mol. The molecule has 0 aromatic rings. The lowest BCUT2D eigenvalue weighted by Gasteiger charge is -2.11. The maximum atomic E-state index is 11.2. The largest absolute Gasteiger partial charge is 0.508 e. The molecule has 132 valence electrons. The van der Waals surface area contributed by atoms with Crippen LogP contribution >= 0.6 is 0 Å². The van der Waals surface area contributed by atoms with Gasteiger partial charge in [0.1, 0.15) is 6.61 Å². The van der Waals surface area contributed by atoms with Crippen molar-refractivity contribution in [2.24, 2.45) is 5.92 Å². The maximum absolute atomic E-state index is 11.2. The molecule has 22 heavy (non-hydrogen) atoms. The maximum Gasteiger partial charge on any atom is 0.508 e. The third kappa shape index (κ3) is 14.2. The fourth-order valence-corrected chi connectivity index (χ4v) is 2.31. The van der Waals surface area contributed by atoms with Crippen molar-refractivity contribution in [3.63, 3.8) is 0 Å². The lowest BCUT2D eigenvalue weighted by atomic mass is 9.97.